The Bertz CT molecular complexity index is 174. The van der Waals surface area contributed by atoms with E-state index in [1.54, 1.807) is 0 Å². The molecule has 1 aliphatic heterocycles. The summed E-state index contributed by atoms with van der Waals surface area (Å²) in [6, 6.07) is 0. The predicted molar refractivity (Wildman–Crippen MR) is 64.0 cm³/mol. The van der Waals surface area contributed by atoms with Crippen molar-refractivity contribution in [1.29, 1.82) is 0 Å². The molecule has 0 bridgehead atoms. The molecule has 1 rings (SSSR count). The molecule has 1 saturated heterocycles. The molecule has 0 saturated carbocycles. The van der Waals surface area contributed by atoms with E-state index < -0.39 is 0 Å². The molecule has 0 aromatic carbocycles. The smallest absolute Gasteiger partial charge is 0.0494 e. The normalized spacial score (nSPS) is 20.8. The van der Waals surface area contributed by atoms with Gasteiger partial charge in [0.2, 0.25) is 0 Å². The fourth-order valence-electron chi connectivity index (χ4n) is 1.94. The molecule has 0 amide bonds. The Morgan fingerprint density at radius 3 is 2.47 bits per heavy atom. The Hall–Kier alpha value is -0.120. The van der Waals surface area contributed by atoms with Crippen molar-refractivity contribution in [2.45, 2.75) is 26.7 Å². The van der Waals surface area contributed by atoms with Gasteiger partial charge in [0.25, 0.3) is 0 Å². The van der Waals surface area contributed by atoms with E-state index in [0.29, 0.717) is 0 Å². The van der Waals surface area contributed by atoms with Crippen molar-refractivity contribution in [2.75, 3.05) is 39.8 Å². The van der Waals surface area contributed by atoms with E-state index in [1.165, 1.54) is 25.9 Å². The zero-order valence-corrected chi connectivity index (χ0v) is 10.4. The van der Waals surface area contributed by atoms with Gasteiger partial charge in [-0.1, -0.05) is 13.8 Å². The lowest BCUT2D eigenvalue weighted by atomic mass is 9.93. The van der Waals surface area contributed by atoms with Crippen molar-refractivity contribution in [3.8, 4) is 0 Å². The lowest BCUT2D eigenvalue weighted by molar-refractivity contribution is 0.151. The maximum absolute atomic E-state index is 9.12. The monoisotopic (exact) mass is 214 g/mol. The molecule has 0 aliphatic carbocycles. The van der Waals surface area contributed by atoms with Crippen LogP contribution in [0.1, 0.15) is 26.7 Å². The van der Waals surface area contributed by atoms with Crippen molar-refractivity contribution in [2.24, 2.45) is 11.3 Å². The Balaban J connectivity index is 2.10. The average molecular weight is 214 g/mol. The van der Waals surface area contributed by atoms with Gasteiger partial charge in [0.1, 0.15) is 0 Å². The Morgan fingerprint density at radius 2 is 1.93 bits per heavy atom. The molecule has 90 valence electrons. The maximum atomic E-state index is 9.12. The molecule has 0 aromatic heterocycles. The maximum Gasteiger partial charge on any atom is 0.0494 e. The molecule has 2 N–H and O–H groups in total. The first-order valence-electron chi connectivity index (χ1n) is 6.03. The van der Waals surface area contributed by atoms with E-state index in [4.69, 9.17) is 5.11 Å². The van der Waals surface area contributed by atoms with Crippen LogP contribution in [0.25, 0.3) is 0 Å². The summed E-state index contributed by atoms with van der Waals surface area (Å²) >= 11 is 0. The summed E-state index contributed by atoms with van der Waals surface area (Å²) in [6.07, 6.45) is 2.62. The van der Waals surface area contributed by atoms with Crippen molar-refractivity contribution in [1.82, 2.24) is 10.2 Å². The average Bonchev–Trinajstić information content (AvgIpc) is 2.21. The predicted octanol–water partition coefficient (Wildman–Crippen LogP) is 0.936. The van der Waals surface area contributed by atoms with Gasteiger partial charge in [-0.05, 0) is 45.4 Å². The Labute approximate surface area is 93.9 Å². The highest BCUT2D eigenvalue weighted by molar-refractivity contribution is 4.75. The van der Waals surface area contributed by atoms with E-state index >= 15 is 0 Å². The Morgan fingerprint density at radius 1 is 1.33 bits per heavy atom. The van der Waals surface area contributed by atoms with E-state index in [0.717, 1.165) is 19.0 Å². The van der Waals surface area contributed by atoms with E-state index in [-0.39, 0.29) is 12.0 Å². The quantitative estimate of drug-likeness (QED) is 0.715. The second kappa shape index (κ2) is 5.83. The van der Waals surface area contributed by atoms with Gasteiger partial charge in [-0.25, -0.2) is 0 Å². The molecule has 0 aromatic rings. The minimum absolute atomic E-state index is 0.0193. The molecule has 15 heavy (non-hydrogen) atoms. The molecule has 1 fully saturated rings. The first-order chi connectivity index (χ1) is 7.03. The third-order valence-corrected chi connectivity index (χ3v) is 3.30. The molecule has 3 nitrogen and oxygen atoms in total. The summed E-state index contributed by atoms with van der Waals surface area (Å²) in [5.74, 6) is 0.829. The molecule has 0 atom stereocenters. The van der Waals surface area contributed by atoms with Crippen LogP contribution in [-0.4, -0.2) is 49.8 Å². The van der Waals surface area contributed by atoms with Crippen LogP contribution in [0, 0.1) is 11.3 Å². The third-order valence-electron chi connectivity index (χ3n) is 3.30. The molecule has 0 unspecified atom stereocenters. The van der Waals surface area contributed by atoms with Crippen LogP contribution < -0.4 is 5.32 Å². The van der Waals surface area contributed by atoms with E-state index in [9.17, 15) is 0 Å². The number of aliphatic hydroxyl groups excluding tert-OH is 1. The summed E-state index contributed by atoms with van der Waals surface area (Å²) in [5.41, 5.74) is 0.0193. The number of likely N-dealkylation sites (tertiary alicyclic amines) is 1. The highest BCUT2D eigenvalue weighted by atomic mass is 16.3. The van der Waals surface area contributed by atoms with Crippen molar-refractivity contribution >= 4 is 0 Å². The van der Waals surface area contributed by atoms with Gasteiger partial charge < -0.3 is 15.3 Å². The molecule has 0 radical (unpaired) electrons. The topological polar surface area (TPSA) is 35.5 Å². The zero-order chi connectivity index (χ0) is 11.3. The van der Waals surface area contributed by atoms with Crippen LogP contribution >= 0.6 is 0 Å². The number of nitrogens with one attached hydrogen (secondary N) is 1. The second-order valence-corrected chi connectivity index (χ2v) is 5.70. The summed E-state index contributed by atoms with van der Waals surface area (Å²) in [5, 5.41) is 12.6. The SMILES string of the molecule is CN1CCC(CNCC(C)(C)CO)CC1. The minimum atomic E-state index is 0.0193. The van der Waals surface area contributed by atoms with Gasteiger partial charge in [-0.15, -0.1) is 0 Å². The van der Waals surface area contributed by atoms with Gasteiger partial charge in [-0.3, -0.25) is 0 Å². The molecule has 1 heterocycles. The third kappa shape index (κ3) is 4.96. The van der Waals surface area contributed by atoms with Crippen molar-refractivity contribution in [3.63, 3.8) is 0 Å². The highest BCUT2D eigenvalue weighted by Gasteiger charge is 2.19. The van der Waals surface area contributed by atoms with Gasteiger partial charge >= 0.3 is 0 Å². The van der Waals surface area contributed by atoms with Crippen LogP contribution in [0.15, 0.2) is 0 Å². The summed E-state index contributed by atoms with van der Waals surface area (Å²) in [4.78, 5) is 2.40. The van der Waals surface area contributed by atoms with Crippen LogP contribution in [0.4, 0.5) is 0 Å². The van der Waals surface area contributed by atoms with Crippen LogP contribution in [0.5, 0.6) is 0 Å². The first kappa shape index (κ1) is 12.9. The largest absolute Gasteiger partial charge is 0.396 e. The molecular weight excluding hydrogens is 188 g/mol. The summed E-state index contributed by atoms with van der Waals surface area (Å²) in [6.45, 7) is 8.93. The number of aliphatic hydroxyl groups is 1. The molecule has 1 aliphatic rings. The van der Waals surface area contributed by atoms with Gasteiger partial charge in [-0.2, -0.15) is 0 Å². The highest BCUT2D eigenvalue weighted by Crippen LogP contribution is 2.16. The summed E-state index contributed by atoms with van der Waals surface area (Å²) in [7, 11) is 2.19. The number of piperidine rings is 1. The van der Waals surface area contributed by atoms with Gasteiger partial charge in [0.05, 0.1) is 0 Å². The lowest BCUT2D eigenvalue weighted by Crippen LogP contribution is -2.38. The zero-order valence-electron chi connectivity index (χ0n) is 10.4. The van der Waals surface area contributed by atoms with Crippen molar-refractivity contribution < 1.29 is 5.11 Å². The molecule has 0 spiro atoms. The van der Waals surface area contributed by atoms with Gasteiger partial charge in [0.15, 0.2) is 0 Å². The van der Waals surface area contributed by atoms with Crippen LogP contribution in [-0.2, 0) is 0 Å². The molecule has 3 heteroatoms. The van der Waals surface area contributed by atoms with E-state index in [2.05, 4.69) is 31.1 Å². The standard InChI is InChI=1S/C12H26N2O/c1-12(2,10-15)9-13-8-11-4-6-14(3)7-5-11/h11,13,15H,4-10H2,1-3H3. The molecular formula is C12H26N2O. The Kier molecular flexibility index (Phi) is 5.03. The lowest BCUT2D eigenvalue weighted by Gasteiger charge is -2.30. The number of hydrogen-bond donors (Lipinski definition) is 2. The van der Waals surface area contributed by atoms with E-state index in [1.807, 2.05) is 0 Å². The van der Waals surface area contributed by atoms with Crippen LogP contribution in [0.3, 0.4) is 0 Å². The van der Waals surface area contributed by atoms with Crippen LogP contribution in [0.2, 0.25) is 0 Å². The fraction of sp³-hybridized carbons (Fsp3) is 1.00. The second-order valence-electron chi connectivity index (χ2n) is 5.70. The van der Waals surface area contributed by atoms with Crippen molar-refractivity contribution in [3.05, 3.63) is 0 Å². The summed E-state index contributed by atoms with van der Waals surface area (Å²) < 4.78 is 0. The fourth-order valence-corrected chi connectivity index (χ4v) is 1.94. The minimum Gasteiger partial charge on any atom is -0.396 e. The number of hydrogen-bond acceptors (Lipinski definition) is 3. The van der Waals surface area contributed by atoms with Gasteiger partial charge in [0, 0.05) is 18.6 Å². The number of nitrogens with zero attached hydrogens (tertiary/aromatic N) is 1. The first-order valence-corrected chi connectivity index (χ1v) is 6.03. The number of rotatable bonds is 5.